The molecule has 4 rings (SSSR count). The fourth-order valence-electron chi connectivity index (χ4n) is 6.36. The van der Waals surface area contributed by atoms with Crippen LogP contribution < -0.4 is 27.0 Å². The zero-order valence-electron chi connectivity index (χ0n) is 36.8. The quantitative estimate of drug-likeness (QED) is 0.0468. The summed E-state index contributed by atoms with van der Waals surface area (Å²) >= 11 is 0. The predicted octanol–water partition coefficient (Wildman–Crippen LogP) is 5.14. The van der Waals surface area contributed by atoms with Gasteiger partial charge in [-0.1, -0.05) is 30.3 Å². The molecule has 23 heteroatoms. The summed E-state index contributed by atoms with van der Waals surface area (Å²) in [5.74, 6) is -3.07. The van der Waals surface area contributed by atoms with Crippen molar-refractivity contribution in [1.29, 1.82) is 0 Å². The minimum atomic E-state index is -4.33. The molecule has 6 N–H and O–H groups in total. The highest BCUT2D eigenvalue weighted by Crippen LogP contribution is 2.71. The van der Waals surface area contributed by atoms with E-state index < -0.39 is 69.3 Å². The molecule has 0 aliphatic heterocycles. The van der Waals surface area contributed by atoms with Crippen molar-refractivity contribution in [3.05, 3.63) is 77.6 Å². The molecular formula is C41H57N9O12P2. The molecule has 0 saturated heterocycles. The lowest BCUT2D eigenvalue weighted by molar-refractivity contribution is -0.149. The molecule has 2 unspecified atom stereocenters. The Morgan fingerprint density at radius 3 is 1.91 bits per heavy atom. The van der Waals surface area contributed by atoms with Crippen LogP contribution in [0.2, 0.25) is 0 Å². The number of nitrogens with zero attached hydrogens (tertiary/aromatic N) is 5. The van der Waals surface area contributed by atoms with Crippen LogP contribution in [0.4, 0.5) is 17.5 Å². The normalized spacial score (nSPS) is 12.7. The average Bonchev–Trinajstić information content (AvgIpc) is 3.26. The van der Waals surface area contributed by atoms with E-state index in [1.807, 2.05) is 11.9 Å². The Morgan fingerprint density at radius 1 is 0.734 bits per heavy atom. The average molecular weight is 930 g/mol. The van der Waals surface area contributed by atoms with E-state index in [-0.39, 0.29) is 69.0 Å². The van der Waals surface area contributed by atoms with Crippen molar-refractivity contribution >= 4 is 67.6 Å². The van der Waals surface area contributed by atoms with E-state index in [0.29, 0.717) is 29.0 Å². The van der Waals surface area contributed by atoms with E-state index in [2.05, 4.69) is 30.6 Å². The largest absolute Gasteiger partial charge is 0.464 e. The Bertz CT molecular complexity index is 2240. The molecule has 0 aliphatic rings. The first kappa shape index (κ1) is 51.1. The summed E-state index contributed by atoms with van der Waals surface area (Å²) in [4.78, 5) is 72.9. The molecule has 0 aliphatic carbocycles. The van der Waals surface area contributed by atoms with Gasteiger partial charge in [0.05, 0.1) is 51.5 Å². The molecule has 64 heavy (non-hydrogen) atoms. The van der Waals surface area contributed by atoms with Crippen molar-refractivity contribution in [2.75, 3.05) is 56.4 Å². The second-order valence-corrected chi connectivity index (χ2v) is 18.7. The standard InChI is InChI=1S/C41H57N9O12P2/c1-7-57-40(54)32(23-34(63(55,59-8-2)60-9-3)64(56,61-10-4)62-11-5)46-33(51)22-21-31(39(53)58-26-27-15-13-12-14-16-27)47-38(52)28-17-19-30(20-18-28)50(6)25-29-24-44-37-35(45-29)36(42)48-41(43)49-37/h12-20,24,31-32,34H,7-11,21-23,25-26H2,1-6H3,(H,46,51)(H,47,52)(H4,42,43,44,48,49). The zero-order valence-corrected chi connectivity index (χ0v) is 38.5. The highest BCUT2D eigenvalue weighted by molar-refractivity contribution is 7.72. The SMILES string of the molecule is CCOC(=O)C(CC(P(=O)(OCC)OCC)P(=O)(OCC)OCC)NC(=O)CCC(NC(=O)c1ccc(N(C)Cc2cnc3nc(N)nc(N)c3n2)cc1)C(=O)OCc1ccccc1. The van der Waals surface area contributed by atoms with Crippen LogP contribution in [-0.2, 0) is 64.2 Å². The van der Waals surface area contributed by atoms with Crippen LogP contribution in [0.3, 0.4) is 0 Å². The highest BCUT2D eigenvalue weighted by Gasteiger charge is 2.52. The number of nitrogens with two attached hydrogens (primary N) is 2. The van der Waals surface area contributed by atoms with Crippen molar-refractivity contribution in [2.45, 2.75) is 84.5 Å². The first-order valence-corrected chi connectivity index (χ1v) is 23.9. The third-order valence-corrected chi connectivity index (χ3v) is 15.3. The van der Waals surface area contributed by atoms with E-state index in [1.165, 1.54) is 0 Å². The number of benzene rings is 2. The second-order valence-electron chi connectivity index (χ2n) is 13.9. The maximum atomic E-state index is 14.2. The maximum Gasteiger partial charge on any atom is 0.345 e. The van der Waals surface area contributed by atoms with Gasteiger partial charge in [0.15, 0.2) is 22.4 Å². The molecule has 4 aromatic rings. The van der Waals surface area contributed by atoms with Crippen molar-refractivity contribution < 1.29 is 55.9 Å². The molecular weight excluding hydrogens is 872 g/mol. The third-order valence-electron chi connectivity index (χ3n) is 9.26. The summed E-state index contributed by atoms with van der Waals surface area (Å²) in [6.45, 7) is 7.47. The van der Waals surface area contributed by atoms with E-state index in [4.69, 9.17) is 39.0 Å². The Hall–Kier alpha value is -5.56. The molecule has 21 nitrogen and oxygen atoms in total. The number of ether oxygens (including phenoxy) is 2. The van der Waals surface area contributed by atoms with Crippen molar-refractivity contribution in [3.8, 4) is 0 Å². The number of nitrogens with one attached hydrogen (secondary N) is 2. The number of fused-ring (bicyclic) bond motifs is 1. The summed E-state index contributed by atoms with van der Waals surface area (Å²) in [7, 11) is -6.84. The topological polar surface area (TPSA) is 289 Å². The van der Waals surface area contributed by atoms with Gasteiger partial charge >= 0.3 is 27.1 Å². The van der Waals surface area contributed by atoms with Crippen molar-refractivity contribution in [2.24, 2.45) is 0 Å². The van der Waals surface area contributed by atoms with Gasteiger partial charge in [0.1, 0.15) is 18.7 Å². The summed E-state index contributed by atoms with van der Waals surface area (Å²) in [5.41, 5.74) is 14.4. The molecule has 2 aromatic carbocycles. The molecule has 2 aromatic heterocycles. The second kappa shape index (κ2) is 24.5. The number of carbonyl (C=O) groups excluding carboxylic acids is 4. The number of amides is 2. The number of esters is 2. The Labute approximate surface area is 371 Å². The van der Waals surface area contributed by atoms with Gasteiger partial charge in [0, 0.05) is 31.1 Å². The molecule has 348 valence electrons. The monoisotopic (exact) mass is 929 g/mol. The Balaban J connectivity index is 1.53. The van der Waals surface area contributed by atoms with Gasteiger partial charge in [-0.15, -0.1) is 0 Å². The van der Waals surface area contributed by atoms with Crippen LogP contribution in [0, 0.1) is 0 Å². The molecule has 0 saturated carbocycles. The summed E-state index contributed by atoms with van der Waals surface area (Å²) in [6, 6.07) is 12.5. The summed E-state index contributed by atoms with van der Waals surface area (Å²) in [6.07, 6.45) is 0.275. The smallest absolute Gasteiger partial charge is 0.345 e. The molecule has 0 fully saturated rings. The minimum absolute atomic E-state index is 0.0133. The zero-order chi connectivity index (χ0) is 46.9. The molecule has 0 radical (unpaired) electrons. The van der Waals surface area contributed by atoms with Crippen LogP contribution in [0.1, 0.15) is 75.5 Å². The van der Waals surface area contributed by atoms with E-state index >= 15 is 0 Å². The van der Waals surface area contributed by atoms with Crippen LogP contribution in [0.15, 0.2) is 60.8 Å². The van der Waals surface area contributed by atoms with E-state index in [0.717, 1.165) is 0 Å². The van der Waals surface area contributed by atoms with Crippen LogP contribution in [0.5, 0.6) is 0 Å². The lowest BCUT2D eigenvalue weighted by atomic mass is 10.1. The minimum Gasteiger partial charge on any atom is -0.464 e. The predicted molar refractivity (Wildman–Crippen MR) is 238 cm³/mol. The fraction of sp³-hybridized carbons (Fsp3) is 0.463. The van der Waals surface area contributed by atoms with Crippen LogP contribution in [-0.4, -0.2) is 101 Å². The van der Waals surface area contributed by atoms with Crippen molar-refractivity contribution in [3.63, 3.8) is 0 Å². The number of anilines is 3. The van der Waals surface area contributed by atoms with Gasteiger partial charge in [0.2, 0.25) is 11.9 Å². The number of nitrogen functional groups attached to an aromatic ring is 2. The first-order chi connectivity index (χ1) is 30.6. The van der Waals surface area contributed by atoms with Crippen LogP contribution in [0.25, 0.3) is 11.2 Å². The number of hydrogen-bond donors (Lipinski definition) is 4. The van der Waals surface area contributed by atoms with Crippen molar-refractivity contribution in [1.82, 2.24) is 30.6 Å². The van der Waals surface area contributed by atoms with Gasteiger partial charge in [-0.2, -0.15) is 9.97 Å². The highest BCUT2D eigenvalue weighted by atomic mass is 31.2. The van der Waals surface area contributed by atoms with E-state index in [9.17, 15) is 28.3 Å². The van der Waals surface area contributed by atoms with Gasteiger partial charge in [-0.05, 0) is 70.9 Å². The number of carbonyl (C=O) groups is 4. The van der Waals surface area contributed by atoms with Gasteiger partial charge in [-0.25, -0.2) is 19.6 Å². The Kier molecular flexibility index (Phi) is 19.5. The van der Waals surface area contributed by atoms with E-state index in [1.54, 1.807) is 95.4 Å². The maximum absolute atomic E-state index is 14.2. The lowest BCUT2D eigenvalue weighted by Gasteiger charge is -2.33. The molecule has 2 atom stereocenters. The lowest BCUT2D eigenvalue weighted by Crippen LogP contribution is -2.46. The molecule has 2 amide bonds. The summed E-state index contributed by atoms with van der Waals surface area (Å²) in [5, 5.41) is 3.58. The number of hydrogen-bond acceptors (Lipinski definition) is 19. The molecule has 0 spiro atoms. The number of rotatable bonds is 26. The first-order valence-electron chi connectivity index (χ1n) is 20.7. The number of aromatic nitrogens is 4. The molecule has 2 heterocycles. The van der Waals surface area contributed by atoms with Gasteiger partial charge in [-0.3, -0.25) is 18.7 Å². The van der Waals surface area contributed by atoms with Crippen LogP contribution >= 0.6 is 15.2 Å². The Morgan fingerprint density at radius 2 is 1.33 bits per heavy atom. The third kappa shape index (κ3) is 14.2. The van der Waals surface area contributed by atoms with Gasteiger partial charge < -0.3 is 54.6 Å². The fourth-order valence-corrected chi connectivity index (χ4v) is 11.8. The molecule has 0 bridgehead atoms. The van der Waals surface area contributed by atoms with Gasteiger partial charge in [0.25, 0.3) is 5.91 Å². The summed E-state index contributed by atoms with van der Waals surface area (Å²) < 4.78 is 61.4.